The van der Waals surface area contributed by atoms with E-state index in [1.807, 2.05) is 30.3 Å². The Morgan fingerprint density at radius 3 is 2.80 bits per heavy atom. The van der Waals surface area contributed by atoms with Crippen molar-refractivity contribution in [3.05, 3.63) is 35.9 Å². The van der Waals surface area contributed by atoms with Crippen LogP contribution in [0.1, 0.15) is 12.0 Å². The summed E-state index contributed by atoms with van der Waals surface area (Å²) in [5, 5.41) is 0. The molecule has 1 heterocycles. The molecule has 0 unspecified atom stereocenters. The standard InChI is InChI=1S/C12H14O3/c13-8-12-11(15-12)6-7-14-9-10-4-2-1-3-5-10/h1-5,8,11-12H,6-7,9H2/t11-,12+/m0/s1. The Bertz CT molecular complexity index is 310. The summed E-state index contributed by atoms with van der Waals surface area (Å²) >= 11 is 0. The van der Waals surface area contributed by atoms with Crippen LogP contribution in [-0.4, -0.2) is 25.1 Å². The zero-order valence-corrected chi connectivity index (χ0v) is 8.46. The molecule has 0 spiro atoms. The Balaban J connectivity index is 1.58. The predicted octanol–water partition coefficient (Wildman–Crippen LogP) is 1.56. The number of aldehydes is 1. The number of carbonyl (C=O) groups is 1. The summed E-state index contributed by atoms with van der Waals surface area (Å²) in [4.78, 5) is 10.3. The van der Waals surface area contributed by atoms with Crippen LogP contribution in [0.5, 0.6) is 0 Å². The van der Waals surface area contributed by atoms with Crippen molar-refractivity contribution in [2.75, 3.05) is 6.61 Å². The molecule has 80 valence electrons. The van der Waals surface area contributed by atoms with E-state index in [1.54, 1.807) is 0 Å². The number of hydrogen-bond donors (Lipinski definition) is 0. The summed E-state index contributed by atoms with van der Waals surface area (Å²) < 4.78 is 10.5. The van der Waals surface area contributed by atoms with Crippen LogP contribution in [0.2, 0.25) is 0 Å². The topological polar surface area (TPSA) is 38.8 Å². The molecule has 0 aromatic heterocycles. The summed E-state index contributed by atoms with van der Waals surface area (Å²) in [6.45, 7) is 1.27. The van der Waals surface area contributed by atoms with Crippen molar-refractivity contribution < 1.29 is 14.3 Å². The first-order valence-corrected chi connectivity index (χ1v) is 5.12. The maximum atomic E-state index is 10.3. The van der Waals surface area contributed by atoms with Crippen molar-refractivity contribution in [1.29, 1.82) is 0 Å². The summed E-state index contributed by atoms with van der Waals surface area (Å²) in [7, 11) is 0. The first kappa shape index (κ1) is 10.3. The number of benzene rings is 1. The average Bonchev–Trinajstić information content (AvgIpc) is 3.05. The van der Waals surface area contributed by atoms with E-state index in [9.17, 15) is 4.79 Å². The largest absolute Gasteiger partial charge is 0.377 e. The van der Waals surface area contributed by atoms with E-state index in [1.165, 1.54) is 5.56 Å². The molecular weight excluding hydrogens is 192 g/mol. The van der Waals surface area contributed by atoms with Crippen LogP contribution in [0, 0.1) is 0 Å². The first-order valence-electron chi connectivity index (χ1n) is 5.12. The van der Waals surface area contributed by atoms with E-state index < -0.39 is 0 Å². The van der Waals surface area contributed by atoms with Gasteiger partial charge in [0.2, 0.25) is 0 Å². The van der Waals surface area contributed by atoms with Crippen molar-refractivity contribution in [2.45, 2.75) is 25.2 Å². The molecule has 2 atom stereocenters. The third-order valence-electron chi connectivity index (χ3n) is 2.41. The number of ether oxygens (including phenoxy) is 2. The van der Waals surface area contributed by atoms with E-state index >= 15 is 0 Å². The summed E-state index contributed by atoms with van der Waals surface area (Å²) in [5.74, 6) is 0. The lowest BCUT2D eigenvalue weighted by Crippen LogP contribution is -2.02. The smallest absolute Gasteiger partial charge is 0.151 e. The highest BCUT2D eigenvalue weighted by atomic mass is 16.6. The molecule has 15 heavy (non-hydrogen) atoms. The first-order chi connectivity index (χ1) is 7.40. The minimum Gasteiger partial charge on any atom is -0.377 e. The molecule has 3 heteroatoms. The van der Waals surface area contributed by atoms with Crippen LogP contribution in [0.3, 0.4) is 0 Å². The van der Waals surface area contributed by atoms with Gasteiger partial charge in [0.25, 0.3) is 0 Å². The number of rotatable bonds is 6. The fourth-order valence-electron chi connectivity index (χ4n) is 1.47. The van der Waals surface area contributed by atoms with Gasteiger partial charge < -0.3 is 14.3 Å². The lowest BCUT2D eigenvalue weighted by molar-refractivity contribution is -0.108. The Labute approximate surface area is 89.0 Å². The molecular formula is C12H14O3. The van der Waals surface area contributed by atoms with Gasteiger partial charge in [-0.3, -0.25) is 0 Å². The second kappa shape index (κ2) is 5.05. The molecule has 0 radical (unpaired) electrons. The van der Waals surface area contributed by atoms with Gasteiger partial charge in [0.05, 0.1) is 12.7 Å². The molecule has 0 N–H and O–H groups in total. The van der Waals surface area contributed by atoms with Gasteiger partial charge in [0.15, 0.2) is 6.29 Å². The Morgan fingerprint density at radius 2 is 2.13 bits per heavy atom. The quantitative estimate of drug-likeness (QED) is 0.403. The van der Waals surface area contributed by atoms with Crippen LogP contribution in [0.25, 0.3) is 0 Å². The van der Waals surface area contributed by atoms with Gasteiger partial charge in [-0.1, -0.05) is 30.3 Å². The molecule has 0 saturated carbocycles. The summed E-state index contributed by atoms with van der Waals surface area (Å²) in [6.07, 6.45) is 1.57. The van der Waals surface area contributed by atoms with Gasteiger partial charge in [-0.2, -0.15) is 0 Å². The lowest BCUT2D eigenvalue weighted by Gasteiger charge is -2.02. The van der Waals surface area contributed by atoms with Gasteiger partial charge in [-0.25, -0.2) is 0 Å². The van der Waals surface area contributed by atoms with Crippen LogP contribution in [0.4, 0.5) is 0 Å². The molecule has 2 rings (SSSR count). The molecule has 0 amide bonds. The Hall–Kier alpha value is -1.19. The molecule has 1 saturated heterocycles. The number of epoxide rings is 1. The van der Waals surface area contributed by atoms with E-state index in [4.69, 9.17) is 9.47 Å². The normalized spacial score (nSPS) is 23.7. The van der Waals surface area contributed by atoms with Gasteiger partial charge in [0.1, 0.15) is 6.10 Å². The van der Waals surface area contributed by atoms with Crippen molar-refractivity contribution in [3.8, 4) is 0 Å². The molecule has 1 aliphatic rings. The highest BCUT2D eigenvalue weighted by Crippen LogP contribution is 2.22. The van der Waals surface area contributed by atoms with E-state index in [-0.39, 0.29) is 12.2 Å². The minimum atomic E-state index is -0.176. The summed E-state index contributed by atoms with van der Waals surface area (Å²) in [6, 6.07) is 10.0. The van der Waals surface area contributed by atoms with Crippen LogP contribution in [0.15, 0.2) is 30.3 Å². The van der Waals surface area contributed by atoms with Crippen LogP contribution in [-0.2, 0) is 20.9 Å². The predicted molar refractivity (Wildman–Crippen MR) is 55.4 cm³/mol. The fraction of sp³-hybridized carbons (Fsp3) is 0.417. The highest BCUT2D eigenvalue weighted by Gasteiger charge is 2.37. The minimum absolute atomic E-state index is 0.0956. The highest BCUT2D eigenvalue weighted by molar-refractivity contribution is 5.60. The Kier molecular flexibility index (Phi) is 3.48. The maximum absolute atomic E-state index is 10.3. The van der Waals surface area contributed by atoms with E-state index in [2.05, 4.69) is 0 Å². The SMILES string of the molecule is O=C[C@H]1O[C@H]1CCOCc1ccccc1. The average molecular weight is 206 g/mol. The second-order valence-electron chi connectivity index (χ2n) is 3.60. The van der Waals surface area contributed by atoms with E-state index in [0.29, 0.717) is 13.2 Å². The van der Waals surface area contributed by atoms with Crippen molar-refractivity contribution in [3.63, 3.8) is 0 Å². The Morgan fingerprint density at radius 1 is 1.33 bits per heavy atom. The van der Waals surface area contributed by atoms with Crippen LogP contribution >= 0.6 is 0 Å². The molecule has 1 fully saturated rings. The number of carbonyl (C=O) groups excluding carboxylic acids is 1. The van der Waals surface area contributed by atoms with Crippen molar-refractivity contribution in [1.82, 2.24) is 0 Å². The molecule has 1 aromatic carbocycles. The zero-order valence-electron chi connectivity index (χ0n) is 8.46. The fourth-order valence-corrected chi connectivity index (χ4v) is 1.47. The number of hydrogen-bond acceptors (Lipinski definition) is 3. The van der Waals surface area contributed by atoms with Gasteiger partial charge in [-0.05, 0) is 12.0 Å². The summed E-state index contributed by atoms with van der Waals surface area (Å²) in [5.41, 5.74) is 1.17. The monoisotopic (exact) mass is 206 g/mol. The van der Waals surface area contributed by atoms with Crippen LogP contribution < -0.4 is 0 Å². The van der Waals surface area contributed by atoms with Crippen molar-refractivity contribution in [2.24, 2.45) is 0 Å². The van der Waals surface area contributed by atoms with Gasteiger partial charge in [0, 0.05) is 6.61 Å². The van der Waals surface area contributed by atoms with Gasteiger partial charge >= 0.3 is 0 Å². The third-order valence-corrected chi connectivity index (χ3v) is 2.41. The second-order valence-corrected chi connectivity index (χ2v) is 3.60. The third kappa shape index (κ3) is 3.15. The molecule has 1 aromatic rings. The molecule has 3 nitrogen and oxygen atoms in total. The lowest BCUT2D eigenvalue weighted by atomic mass is 10.2. The zero-order chi connectivity index (χ0) is 10.5. The molecule has 0 bridgehead atoms. The molecule has 0 aliphatic carbocycles. The van der Waals surface area contributed by atoms with Crippen molar-refractivity contribution >= 4 is 6.29 Å². The van der Waals surface area contributed by atoms with Gasteiger partial charge in [-0.15, -0.1) is 0 Å². The van der Waals surface area contributed by atoms with E-state index in [0.717, 1.165) is 12.7 Å². The maximum Gasteiger partial charge on any atom is 0.151 e. The molecule has 1 aliphatic heterocycles.